The summed E-state index contributed by atoms with van der Waals surface area (Å²) < 4.78 is 12.6. The maximum atomic E-state index is 12.6. The van der Waals surface area contributed by atoms with Crippen molar-refractivity contribution in [2.45, 2.75) is 6.92 Å². The molecule has 0 amide bonds. The number of Topliss-reactive ketones (excluding diaryl/α,β-unsaturated/α-hetero) is 1. The van der Waals surface area contributed by atoms with Gasteiger partial charge in [-0.15, -0.1) is 15.0 Å². The predicted molar refractivity (Wildman–Crippen MR) is 49.1 cm³/mol. The molecule has 5 nitrogen and oxygen atoms in total. The van der Waals surface area contributed by atoms with E-state index >= 15 is 0 Å². The fourth-order valence-corrected chi connectivity index (χ4v) is 1.04. The van der Waals surface area contributed by atoms with Crippen molar-refractivity contribution < 1.29 is 9.18 Å². The smallest absolute Gasteiger partial charge is 0.240 e. The van der Waals surface area contributed by atoms with Crippen LogP contribution in [0.1, 0.15) is 17.5 Å². The van der Waals surface area contributed by atoms with Gasteiger partial charge in [-0.3, -0.25) is 4.79 Å². The number of halogens is 1. The van der Waals surface area contributed by atoms with E-state index in [1.165, 1.54) is 36.0 Å². The number of ketones is 1. The molecule has 2 rings (SSSR count). The van der Waals surface area contributed by atoms with E-state index in [1.807, 2.05) is 0 Å². The summed E-state index contributed by atoms with van der Waals surface area (Å²) in [5.41, 5.74) is 0.552. The summed E-state index contributed by atoms with van der Waals surface area (Å²) in [4.78, 5) is 12.1. The highest BCUT2D eigenvalue weighted by Crippen LogP contribution is 2.05. The maximum absolute atomic E-state index is 12.6. The quantitative estimate of drug-likeness (QED) is 0.688. The number of benzene rings is 1. The molecule has 0 aliphatic rings. The van der Waals surface area contributed by atoms with Crippen LogP contribution in [0.15, 0.2) is 24.3 Å². The van der Waals surface area contributed by atoms with E-state index in [0.717, 1.165) is 0 Å². The van der Waals surface area contributed by atoms with Crippen LogP contribution in [0.5, 0.6) is 0 Å². The lowest BCUT2D eigenvalue weighted by molar-refractivity contribution is 0.100. The van der Waals surface area contributed by atoms with Gasteiger partial charge in [0, 0.05) is 6.92 Å². The van der Waals surface area contributed by atoms with Crippen LogP contribution in [-0.4, -0.2) is 26.0 Å². The van der Waals surface area contributed by atoms with Gasteiger partial charge in [0.1, 0.15) is 5.82 Å². The molecule has 0 spiro atoms. The van der Waals surface area contributed by atoms with Crippen LogP contribution in [0.25, 0.3) is 5.69 Å². The number of hydrogen-bond donors (Lipinski definition) is 0. The minimum absolute atomic E-state index is 0.0410. The average Bonchev–Trinajstić information content (AvgIpc) is 2.68. The average molecular weight is 206 g/mol. The SMILES string of the molecule is CC(=O)c1nnn(-c2ccc(F)cc2)n1. The molecule has 0 fully saturated rings. The molecule has 0 bridgehead atoms. The number of nitrogens with zero attached hydrogens (tertiary/aromatic N) is 4. The molecule has 1 aromatic carbocycles. The molecule has 0 unspecified atom stereocenters. The standard InChI is InChI=1S/C9H7FN4O/c1-6(15)9-11-13-14(12-9)8-4-2-7(10)3-5-8/h2-5H,1H3. The van der Waals surface area contributed by atoms with Crippen LogP contribution in [-0.2, 0) is 0 Å². The first-order chi connectivity index (χ1) is 7.16. The van der Waals surface area contributed by atoms with E-state index in [2.05, 4.69) is 15.4 Å². The Balaban J connectivity index is 2.37. The lowest BCUT2D eigenvalue weighted by Crippen LogP contribution is -2.00. The first kappa shape index (κ1) is 9.45. The molecule has 2 aromatic rings. The lowest BCUT2D eigenvalue weighted by Gasteiger charge is -1.96. The number of aromatic nitrogens is 4. The van der Waals surface area contributed by atoms with E-state index in [9.17, 15) is 9.18 Å². The minimum Gasteiger partial charge on any atom is -0.291 e. The second kappa shape index (κ2) is 3.56. The van der Waals surface area contributed by atoms with Gasteiger partial charge in [-0.1, -0.05) is 0 Å². The van der Waals surface area contributed by atoms with Gasteiger partial charge in [-0.05, 0) is 29.5 Å². The first-order valence-corrected chi connectivity index (χ1v) is 4.24. The van der Waals surface area contributed by atoms with Crippen molar-refractivity contribution in [1.82, 2.24) is 20.2 Å². The second-order valence-electron chi connectivity index (χ2n) is 2.94. The van der Waals surface area contributed by atoms with Gasteiger partial charge < -0.3 is 0 Å². The molecule has 0 N–H and O–H groups in total. The molecule has 0 radical (unpaired) electrons. The van der Waals surface area contributed by atoms with E-state index in [0.29, 0.717) is 5.69 Å². The van der Waals surface area contributed by atoms with Crippen molar-refractivity contribution in [3.05, 3.63) is 35.9 Å². The van der Waals surface area contributed by atoms with Crippen LogP contribution < -0.4 is 0 Å². The summed E-state index contributed by atoms with van der Waals surface area (Å²) in [6.45, 7) is 1.35. The highest BCUT2D eigenvalue weighted by atomic mass is 19.1. The third kappa shape index (κ3) is 1.88. The molecule has 0 saturated carbocycles. The molecule has 1 heterocycles. The van der Waals surface area contributed by atoms with Crippen molar-refractivity contribution in [1.29, 1.82) is 0 Å². The fraction of sp³-hybridized carbons (Fsp3) is 0.111. The largest absolute Gasteiger partial charge is 0.291 e. The van der Waals surface area contributed by atoms with Crippen molar-refractivity contribution in [3.63, 3.8) is 0 Å². The maximum Gasteiger partial charge on any atom is 0.240 e. The van der Waals surface area contributed by atoms with Crippen LogP contribution in [0.4, 0.5) is 4.39 Å². The Bertz CT molecular complexity index is 491. The number of tetrazole rings is 1. The minimum atomic E-state index is -0.342. The summed E-state index contributed by atoms with van der Waals surface area (Å²) in [5.74, 6) is -0.562. The Morgan fingerprint density at radius 1 is 1.33 bits per heavy atom. The normalized spacial score (nSPS) is 10.3. The van der Waals surface area contributed by atoms with Crippen LogP contribution >= 0.6 is 0 Å². The second-order valence-corrected chi connectivity index (χ2v) is 2.94. The molecule has 6 heteroatoms. The van der Waals surface area contributed by atoms with E-state index in [1.54, 1.807) is 0 Å². The summed E-state index contributed by atoms with van der Waals surface area (Å²) in [5, 5.41) is 11.1. The summed E-state index contributed by atoms with van der Waals surface area (Å²) >= 11 is 0. The molecule has 15 heavy (non-hydrogen) atoms. The van der Waals surface area contributed by atoms with Crippen molar-refractivity contribution in [3.8, 4) is 5.69 Å². The van der Waals surface area contributed by atoms with Crippen LogP contribution in [0.3, 0.4) is 0 Å². The Labute approximate surface area is 84.5 Å². The van der Waals surface area contributed by atoms with Crippen molar-refractivity contribution >= 4 is 5.78 Å². The molecule has 0 aliphatic carbocycles. The molecule has 76 valence electrons. The van der Waals surface area contributed by atoms with Gasteiger partial charge in [0.2, 0.25) is 11.6 Å². The highest BCUT2D eigenvalue weighted by Gasteiger charge is 2.08. The number of carbonyl (C=O) groups is 1. The summed E-state index contributed by atoms with van der Waals surface area (Å²) in [7, 11) is 0. The molecular formula is C9H7FN4O. The summed E-state index contributed by atoms with van der Waals surface area (Å²) in [6, 6.07) is 5.57. The fourth-order valence-electron chi connectivity index (χ4n) is 1.04. The molecule has 0 atom stereocenters. The third-order valence-corrected chi connectivity index (χ3v) is 1.79. The van der Waals surface area contributed by atoms with Crippen LogP contribution in [0.2, 0.25) is 0 Å². The van der Waals surface area contributed by atoms with Gasteiger partial charge in [0.15, 0.2) is 0 Å². The van der Waals surface area contributed by atoms with Gasteiger partial charge >= 0.3 is 0 Å². The van der Waals surface area contributed by atoms with Crippen LogP contribution in [0, 0.1) is 5.82 Å². The van der Waals surface area contributed by atoms with Crippen molar-refractivity contribution in [2.75, 3.05) is 0 Å². The van der Waals surface area contributed by atoms with E-state index in [-0.39, 0.29) is 17.4 Å². The van der Waals surface area contributed by atoms with Gasteiger partial charge in [-0.25, -0.2) is 4.39 Å². The highest BCUT2D eigenvalue weighted by molar-refractivity contribution is 5.89. The number of carbonyl (C=O) groups excluding carboxylic acids is 1. The lowest BCUT2D eigenvalue weighted by atomic mass is 10.3. The number of rotatable bonds is 2. The molecular weight excluding hydrogens is 199 g/mol. The molecule has 0 saturated heterocycles. The predicted octanol–water partition coefficient (Wildman–Crippen LogP) is 1.00. The summed E-state index contributed by atoms with van der Waals surface area (Å²) in [6.07, 6.45) is 0. The Morgan fingerprint density at radius 3 is 2.53 bits per heavy atom. The monoisotopic (exact) mass is 206 g/mol. The van der Waals surface area contributed by atoms with Gasteiger partial charge in [-0.2, -0.15) is 0 Å². The van der Waals surface area contributed by atoms with Crippen molar-refractivity contribution in [2.24, 2.45) is 0 Å². The first-order valence-electron chi connectivity index (χ1n) is 4.24. The Hall–Kier alpha value is -2.11. The third-order valence-electron chi connectivity index (χ3n) is 1.79. The molecule has 0 aliphatic heterocycles. The zero-order valence-corrected chi connectivity index (χ0v) is 7.88. The zero-order valence-electron chi connectivity index (χ0n) is 7.88. The van der Waals surface area contributed by atoms with Gasteiger partial charge in [0.05, 0.1) is 5.69 Å². The number of hydrogen-bond acceptors (Lipinski definition) is 4. The Kier molecular flexibility index (Phi) is 2.24. The Morgan fingerprint density at radius 2 is 2.00 bits per heavy atom. The zero-order chi connectivity index (χ0) is 10.8. The van der Waals surface area contributed by atoms with E-state index in [4.69, 9.17) is 0 Å². The molecule has 1 aromatic heterocycles. The van der Waals surface area contributed by atoms with E-state index < -0.39 is 0 Å². The van der Waals surface area contributed by atoms with Gasteiger partial charge in [0.25, 0.3) is 0 Å². The topological polar surface area (TPSA) is 60.7 Å².